The second-order valence-corrected chi connectivity index (χ2v) is 5.86. The topological polar surface area (TPSA) is 67.2 Å². The fourth-order valence-electron chi connectivity index (χ4n) is 1.37. The number of aryl methyl sites for hydroxylation is 1. The van der Waals surface area contributed by atoms with Crippen LogP contribution in [0.5, 0.6) is 0 Å². The molecule has 0 aliphatic heterocycles. The Morgan fingerprint density at radius 1 is 1.53 bits per heavy atom. The number of hydrogen-bond acceptors (Lipinski definition) is 4. The molecule has 0 unspecified atom stereocenters. The van der Waals surface area contributed by atoms with Crippen molar-refractivity contribution in [1.29, 1.82) is 0 Å². The van der Waals surface area contributed by atoms with Crippen LogP contribution in [0.1, 0.15) is 13.3 Å². The van der Waals surface area contributed by atoms with Crippen LogP contribution in [0, 0.1) is 0 Å². The van der Waals surface area contributed by atoms with Gasteiger partial charge in [-0.2, -0.15) is 5.10 Å². The summed E-state index contributed by atoms with van der Waals surface area (Å²) in [6.07, 6.45) is 3.90. The molecular weight excluding hydrogens is 240 g/mol. The average molecular weight is 260 g/mol. The monoisotopic (exact) mass is 260 g/mol. The summed E-state index contributed by atoms with van der Waals surface area (Å²) in [6, 6.07) is 0. The van der Waals surface area contributed by atoms with E-state index in [1.807, 2.05) is 7.05 Å². The summed E-state index contributed by atoms with van der Waals surface area (Å²) in [6.45, 7) is 3.85. The van der Waals surface area contributed by atoms with Gasteiger partial charge in [0.1, 0.15) is 4.90 Å². The Balaban J connectivity index is 2.74. The van der Waals surface area contributed by atoms with Crippen LogP contribution in [0.3, 0.4) is 0 Å². The molecule has 1 rings (SSSR count). The first-order valence-electron chi connectivity index (χ1n) is 5.65. The molecular formula is C10H20N4O2S. The molecule has 1 aromatic rings. The van der Waals surface area contributed by atoms with Gasteiger partial charge in [-0.15, -0.1) is 0 Å². The third-order valence-electron chi connectivity index (χ3n) is 2.58. The molecule has 0 atom stereocenters. The summed E-state index contributed by atoms with van der Waals surface area (Å²) in [7, 11) is 0.0828. The Hall–Kier alpha value is -0.920. The Kier molecular flexibility index (Phi) is 5.10. The standard InChI is InChI=1S/C10H20N4O2S/c1-4-13(3)17(15,16)10-8-12-14(9-10)7-5-6-11-2/h8-9,11H,4-7H2,1-3H3. The summed E-state index contributed by atoms with van der Waals surface area (Å²) in [5.41, 5.74) is 0. The molecule has 17 heavy (non-hydrogen) atoms. The van der Waals surface area contributed by atoms with Crippen LogP contribution in [0.2, 0.25) is 0 Å². The number of nitrogens with zero attached hydrogens (tertiary/aromatic N) is 3. The first-order chi connectivity index (χ1) is 8.02. The van der Waals surface area contributed by atoms with Gasteiger partial charge in [-0.3, -0.25) is 4.68 Å². The molecule has 7 heteroatoms. The van der Waals surface area contributed by atoms with E-state index in [2.05, 4.69) is 10.4 Å². The molecule has 0 bridgehead atoms. The predicted molar refractivity (Wildman–Crippen MR) is 66.3 cm³/mol. The molecule has 98 valence electrons. The molecule has 1 N–H and O–H groups in total. The van der Waals surface area contributed by atoms with Gasteiger partial charge < -0.3 is 5.32 Å². The van der Waals surface area contributed by atoms with E-state index in [-0.39, 0.29) is 4.90 Å². The fourth-order valence-corrected chi connectivity index (χ4v) is 2.50. The van der Waals surface area contributed by atoms with Gasteiger partial charge >= 0.3 is 0 Å². The molecule has 0 aromatic carbocycles. The summed E-state index contributed by atoms with van der Waals surface area (Å²) in [5, 5.41) is 7.09. The molecule has 0 fully saturated rings. The van der Waals surface area contributed by atoms with Crippen LogP contribution in [0.4, 0.5) is 0 Å². The van der Waals surface area contributed by atoms with Gasteiger partial charge in [0.2, 0.25) is 10.0 Å². The number of rotatable bonds is 7. The van der Waals surface area contributed by atoms with Crippen molar-refractivity contribution in [2.75, 3.05) is 27.2 Å². The van der Waals surface area contributed by atoms with Crippen LogP contribution in [-0.2, 0) is 16.6 Å². The van der Waals surface area contributed by atoms with Gasteiger partial charge in [-0.1, -0.05) is 6.92 Å². The lowest BCUT2D eigenvalue weighted by molar-refractivity contribution is 0.486. The van der Waals surface area contributed by atoms with Crippen molar-refractivity contribution >= 4 is 10.0 Å². The van der Waals surface area contributed by atoms with Crippen molar-refractivity contribution in [1.82, 2.24) is 19.4 Å². The van der Waals surface area contributed by atoms with E-state index in [1.165, 1.54) is 10.5 Å². The van der Waals surface area contributed by atoms with E-state index in [0.717, 1.165) is 13.0 Å². The second kappa shape index (κ2) is 6.13. The smallest absolute Gasteiger partial charge is 0.245 e. The van der Waals surface area contributed by atoms with E-state index < -0.39 is 10.0 Å². The van der Waals surface area contributed by atoms with E-state index in [0.29, 0.717) is 13.1 Å². The van der Waals surface area contributed by atoms with Gasteiger partial charge in [-0.05, 0) is 20.0 Å². The molecule has 0 aliphatic carbocycles. The minimum atomic E-state index is -3.36. The molecule has 0 radical (unpaired) electrons. The molecule has 1 aromatic heterocycles. The van der Waals surface area contributed by atoms with Crippen molar-refractivity contribution in [2.45, 2.75) is 24.8 Å². The summed E-state index contributed by atoms with van der Waals surface area (Å²) in [5.74, 6) is 0. The maximum Gasteiger partial charge on any atom is 0.245 e. The molecule has 0 amide bonds. The Morgan fingerprint density at radius 2 is 2.24 bits per heavy atom. The van der Waals surface area contributed by atoms with Gasteiger partial charge in [0, 0.05) is 26.3 Å². The van der Waals surface area contributed by atoms with Gasteiger partial charge in [0.15, 0.2) is 0 Å². The normalized spacial score (nSPS) is 12.2. The fraction of sp³-hybridized carbons (Fsp3) is 0.700. The molecule has 6 nitrogen and oxygen atoms in total. The largest absolute Gasteiger partial charge is 0.320 e. The Bertz CT molecular complexity index is 441. The van der Waals surface area contributed by atoms with E-state index in [9.17, 15) is 8.42 Å². The minimum Gasteiger partial charge on any atom is -0.320 e. The van der Waals surface area contributed by atoms with E-state index in [1.54, 1.807) is 24.9 Å². The van der Waals surface area contributed by atoms with Crippen LogP contribution >= 0.6 is 0 Å². The number of hydrogen-bond donors (Lipinski definition) is 1. The maximum absolute atomic E-state index is 12.0. The van der Waals surface area contributed by atoms with E-state index >= 15 is 0 Å². The zero-order chi connectivity index (χ0) is 12.9. The van der Waals surface area contributed by atoms with Crippen molar-refractivity contribution < 1.29 is 8.42 Å². The van der Waals surface area contributed by atoms with Crippen molar-refractivity contribution in [2.24, 2.45) is 0 Å². The molecule has 0 aliphatic rings. The van der Waals surface area contributed by atoms with Crippen molar-refractivity contribution in [3.63, 3.8) is 0 Å². The second-order valence-electron chi connectivity index (χ2n) is 3.82. The maximum atomic E-state index is 12.0. The Labute approximate surface area is 103 Å². The Morgan fingerprint density at radius 3 is 2.82 bits per heavy atom. The van der Waals surface area contributed by atoms with Crippen LogP contribution in [-0.4, -0.2) is 49.7 Å². The van der Waals surface area contributed by atoms with Crippen LogP contribution in [0.25, 0.3) is 0 Å². The molecule has 0 spiro atoms. The minimum absolute atomic E-state index is 0.256. The highest BCUT2D eigenvalue weighted by Gasteiger charge is 2.20. The average Bonchev–Trinajstić information content (AvgIpc) is 2.77. The first kappa shape index (κ1) is 14.1. The lowest BCUT2D eigenvalue weighted by atomic mass is 10.4. The summed E-state index contributed by atoms with van der Waals surface area (Å²) < 4.78 is 26.9. The van der Waals surface area contributed by atoms with Crippen molar-refractivity contribution in [3.8, 4) is 0 Å². The lowest BCUT2D eigenvalue weighted by Gasteiger charge is -2.12. The van der Waals surface area contributed by atoms with Gasteiger partial charge in [0.05, 0.1) is 6.20 Å². The third kappa shape index (κ3) is 3.52. The van der Waals surface area contributed by atoms with Gasteiger partial charge in [0.25, 0.3) is 0 Å². The third-order valence-corrected chi connectivity index (χ3v) is 4.46. The highest BCUT2D eigenvalue weighted by atomic mass is 32.2. The van der Waals surface area contributed by atoms with Gasteiger partial charge in [-0.25, -0.2) is 12.7 Å². The predicted octanol–water partition coefficient (Wildman–Crippen LogP) is 0.133. The number of aromatic nitrogens is 2. The first-order valence-corrected chi connectivity index (χ1v) is 7.09. The molecule has 1 heterocycles. The number of nitrogens with one attached hydrogen (secondary N) is 1. The molecule has 0 saturated heterocycles. The highest BCUT2D eigenvalue weighted by Crippen LogP contribution is 2.12. The lowest BCUT2D eigenvalue weighted by Crippen LogP contribution is -2.26. The summed E-state index contributed by atoms with van der Waals surface area (Å²) >= 11 is 0. The summed E-state index contributed by atoms with van der Waals surface area (Å²) in [4.78, 5) is 0.256. The van der Waals surface area contributed by atoms with Crippen LogP contribution in [0.15, 0.2) is 17.3 Å². The molecule has 0 saturated carbocycles. The highest BCUT2D eigenvalue weighted by molar-refractivity contribution is 7.89. The quantitative estimate of drug-likeness (QED) is 0.708. The number of sulfonamides is 1. The van der Waals surface area contributed by atoms with Crippen molar-refractivity contribution in [3.05, 3.63) is 12.4 Å². The zero-order valence-corrected chi connectivity index (χ0v) is 11.4. The van der Waals surface area contributed by atoms with E-state index in [4.69, 9.17) is 0 Å². The SMILES string of the molecule is CCN(C)S(=O)(=O)c1cnn(CCCNC)c1. The zero-order valence-electron chi connectivity index (χ0n) is 10.5. The van der Waals surface area contributed by atoms with Crippen LogP contribution < -0.4 is 5.32 Å².